The number of rotatable bonds is 4. The molecular weight excluding hydrogens is 489 g/mol. The fourth-order valence-electron chi connectivity index (χ4n) is 2.91. The van der Waals surface area contributed by atoms with Crippen molar-refractivity contribution in [3.05, 3.63) is 74.6 Å². The van der Waals surface area contributed by atoms with E-state index in [0.29, 0.717) is 16.5 Å². The van der Waals surface area contributed by atoms with Gasteiger partial charge in [-0.2, -0.15) is 18.9 Å². The minimum Gasteiger partial charge on any atom is -0.434 e. The van der Waals surface area contributed by atoms with Gasteiger partial charge < -0.3 is 10.1 Å². The number of nitrogens with one attached hydrogen (secondary N) is 1. The van der Waals surface area contributed by atoms with Crippen LogP contribution in [0.4, 0.5) is 14.7 Å². The van der Waals surface area contributed by atoms with Gasteiger partial charge in [-0.05, 0) is 64.6 Å². The molecule has 1 aromatic heterocycles. The molecule has 4 rings (SSSR count). The van der Waals surface area contributed by atoms with Gasteiger partial charge in [0.25, 0.3) is 0 Å². The number of hydrogen-bond acceptors (Lipinski definition) is 4. The molecule has 0 saturated carbocycles. The topological polar surface area (TPSA) is 52.0 Å². The summed E-state index contributed by atoms with van der Waals surface area (Å²) in [4.78, 5) is 4.22. The predicted octanol–water partition coefficient (Wildman–Crippen LogP) is 5.19. The molecule has 0 spiro atoms. The average Bonchev–Trinajstić information content (AvgIpc) is 3.11. The first kappa shape index (κ1) is 18.2. The standard InChI is InChI=1S/C18H12ClF2IN4O/c19-11-3-6-16(27-17(20)21)13(7-11)15-8-14(10-1-4-12(22)5-2-10)25-18-23-9-24-26(15)18/h1-9,15,17H,(H,23,24,25). The number of halogens is 4. The highest BCUT2D eigenvalue weighted by molar-refractivity contribution is 14.1. The zero-order valence-corrected chi connectivity index (χ0v) is 16.5. The van der Waals surface area contributed by atoms with Crippen LogP contribution in [0.3, 0.4) is 0 Å². The number of alkyl halides is 2. The average molecular weight is 501 g/mol. The second-order valence-electron chi connectivity index (χ2n) is 5.75. The molecule has 2 aromatic carbocycles. The zero-order chi connectivity index (χ0) is 19.0. The minimum atomic E-state index is -2.94. The van der Waals surface area contributed by atoms with Crippen LogP contribution in [0, 0.1) is 3.57 Å². The summed E-state index contributed by atoms with van der Waals surface area (Å²) in [5.41, 5.74) is 2.20. The monoisotopic (exact) mass is 500 g/mol. The van der Waals surface area contributed by atoms with Gasteiger partial charge in [-0.3, -0.25) is 0 Å². The van der Waals surface area contributed by atoms with Crippen molar-refractivity contribution in [2.45, 2.75) is 12.7 Å². The van der Waals surface area contributed by atoms with Gasteiger partial charge in [0.2, 0.25) is 5.95 Å². The Kier molecular flexibility index (Phi) is 5.00. The lowest BCUT2D eigenvalue weighted by atomic mass is 10.0. The Balaban J connectivity index is 1.83. The maximum absolute atomic E-state index is 12.9. The zero-order valence-electron chi connectivity index (χ0n) is 13.6. The van der Waals surface area contributed by atoms with E-state index in [4.69, 9.17) is 16.3 Å². The summed E-state index contributed by atoms with van der Waals surface area (Å²) in [5.74, 6) is 0.542. The number of nitrogens with zero attached hydrogens (tertiary/aromatic N) is 3. The van der Waals surface area contributed by atoms with Crippen LogP contribution in [-0.4, -0.2) is 21.4 Å². The van der Waals surface area contributed by atoms with Gasteiger partial charge in [0.1, 0.15) is 18.1 Å². The molecule has 0 bridgehead atoms. The molecule has 2 heterocycles. The largest absolute Gasteiger partial charge is 0.434 e. The van der Waals surface area contributed by atoms with Crippen molar-refractivity contribution in [2.24, 2.45) is 0 Å². The Morgan fingerprint density at radius 2 is 1.96 bits per heavy atom. The van der Waals surface area contributed by atoms with Gasteiger partial charge in [0.05, 0.1) is 0 Å². The Morgan fingerprint density at radius 1 is 1.19 bits per heavy atom. The van der Waals surface area contributed by atoms with Gasteiger partial charge in [0, 0.05) is 19.9 Å². The number of anilines is 1. The van der Waals surface area contributed by atoms with E-state index >= 15 is 0 Å². The summed E-state index contributed by atoms with van der Waals surface area (Å²) in [6, 6.07) is 11.9. The van der Waals surface area contributed by atoms with Crippen molar-refractivity contribution in [3.63, 3.8) is 0 Å². The lowest BCUT2D eigenvalue weighted by molar-refractivity contribution is -0.0506. The molecule has 0 fully saturated rings. The molecule has 1 aliphatic rings. The molecule has 1 atom stereocenters. The van der Waals surface area contributed by atoms with Crippen LogP contribution < -0.4 is 10.1 Å². The van der Waals surface area contributed by atoms with E-state index in [1.807, 2.05) is 30.3 Å². The third-order valence-corrected chi connectivity index (χ3v) is 5.02. The van der Waals surface area contributed by atoms with E-state index in [1.165, 1.54) is 18.5 Å². The van der Waals surface area contributed by atoms with Gasteiger partial charge in [-0.15, -0.1) is 0 Å². The highest BCUT2D eigenvalue weighted by Gasteiger charge is 2.27. The predicted molar refractivity (Wildman–Crippen MR) is 107 cm³/mol. The van der Waals surface area contributed by atoms with E-state index in [9.17, 15) is 8.78 Å². The first-order chi connectivity index (χ1) is 13.0. The molecule has 1 unspecified atom stereocenters. The molecule has 3 aromatic rings. The smallest absolute Gasteiger partial charge is 0.387 e. The molecule has 0 saturated heterocycles. The summed E-state index contributed by atoms with van der Waals surface area (Å²) in [7, 11) is 0. The summed E-state index contributed by atoms with van der Waals surface area (Å²) in [6.45, 7) is -2.94. The van der Waals surface area contributed by atoms with E-state index in [0.717, 1.165) is 14.8 Å². The Bertz CT molecular complexity index is 1010. The van der Waals surface area contributed by atoms with E-state index in [-0.39, 0.29) is 5.75 Å². The maximum Gasteiger partial charge on any atom is 0.387 e. The molecule has 1 aliphatic heterocycles. The second-order valence-corrected chi connectivity index (χ2v) is 7.43. The highest BCUT2D eigenvalue weighted by atomic mass is 127. The number of ether oxygens (including phenoxy) is 1. The van der Waals surface area contributed by atoms with E-state index in [1.54, 1.807) is 10.7 Å². The summed E-state index contributed by atoms with van der Waals surface area (Å²) in [5, 5.41) is 7.84. The molecule has 0 aliphatic carbocycles. The van der Waals surface area contributed by atoms with Crippen LogP contribution in [0.25, 0.3) is 5.70 Å². The molecule has 138 valence electrons. The normalized spacial score (nSPS) is 15.9. The van der Waals surface area contributed by atoms with Crippen LogP contribution in [0.2, 0.25) is 5.02 Å². The molecule has 0 radical (unpaired) electrons. The third-order valence-electron chi connectivity index (χ3n) is 4.07. The van der Waals surface area contributed by atoms with Crippen molar-refractivity contribution in [3.8, 4) is 5.75 Å². The Labute approximate surface area is 172 Å². The van der Waals surface area contributed by atoms with Crippen LogP contribution in [0.1, 0.15) is 17.2 Å². The number of aromatic nitrogens is 3. The summed E-state index contributed by atoms with van der Waals surface area (Å²) >= 11 is 8.35. The third kappa shape index (κ3) is 3.77. The van der Waals surface area contributed by atoms with Crippen LogP contribution >= 0.6 is 34.2 Å². The van der Waals surface area contributed by atoms with Crippen LogP contribution in [0.15, 0.2) is 54.9 Å². The molecule has 0 amide bonds. The van der Waals surface area contributed by atoms with Crippen molar-refractivity contribution >= 4 is 45.8 Å². The fourth-order valence-corrected chi connectivity index (χ4v) is 3.45. The maximum atomic E-state index is 12.9. The Morgan fingerprint density at radius 3 is 2.70 bits per heavy atom. The molecule has 1 N–H and O–H groups in total. The van der Waals surface area contributed by atoms with Crippen molar-refractivity contribution in [2.75, 3.05) is 5.32 Å². The molecule has 27 heavy (non-hydrogen) atoms. The summed E-state index contributed by atoms with van der Waals surface area (Å²) in [6.07, 6.45) is 3.28. The van der Waals surface area contributed by atoms with Gasteiger partial charge in [0.15, 0.2) is 0 Å². The van der Waals surface area contributed by atoms with Crippen molar-refractivity contribution in [1.82, 2.24) is 14.8 Å². The first-order valence-corrected chi connectivity index (χ1v) is 9.35. The minimum absolute atomic E-state index is 0.0426. The van der Waals surface area contributed by atoms with Gasteiger partial charge >= 0.3 is 6.61 Å². The number of benzene rings is 2. The van der Waals surface area contributed by atoms with E-state index in [2.05, 4.69) is 38.0 Å². The van der Waals surface area contributed by atoms with E-state index < -0.39 is 12.7 Å². The highest BCUT2D eigenvalue weighted by Crippen LogP contribution is 2.37. The lowest BCUT2D eigenvalue weighted by Gasteiger charge is -2.26. The first-order valence-electron chi connectivity index (χ1n) is 7.90. The number of fused-ring (bicyclic) bond motifs is 1. The lowest BCUT2D eigenvalue weighted by Crippen LogP contribution is -2.21. The molecule has 9 heteroatoms. The Hall–Kier alpha value is -2.20. The quantitative estimate of drug-likeness (QED) is 0.501. The van der Waals surface area contributed by atoms with Gasteiger partial charge in [-0.1, -0.05) is 23.7 Å². The van der Waals surface area contributed by atoms with Crippen LogP contribution in [0.5, 0.6) is 5.75 Å². The SMILES string of the molecule is FC(F)Oc1ccc(Cl)cc1C1C=C(c2ccc(I)cc2)Nc2ncnn21. The van der Waals surface area contributed by atoms with Gasteiger partial charge in [-0.25, -0.2) is 4.68 Å². The van der Waals surface area contributed by atoms with Crippen molar-refractivity contribution in [1.29, 1.82) is 0 Å². The van der Waals surface area contributed by atoms with Crippen molar-refractivity contribution < 1.29 is 13.5 Å². The fraction of sp³-hybridized carbons (Fsp3) is 0.111. The van der Waals surface area contributed by atoms with Crippen LogP contribution in [-0.2, 0) is 0 Å². The second kappa shape index (κ2) is 7.43. The number of hydrogen-bond donors (Lipinski definition) is 1. The molecular formula is C18H12ClF2IN4O. The summed E-state index contributed by atoms with van der Waals surface area (Å²) < 4.78 is 33.1. The molecule has 5 nitrogen and oxygen atoms in total. The number of allylic oxidation sites excluding steroid dienone is 1.